The topological polar surface area (TPSA) is 29.5 Å². The van der Waals surface area contributed by atoms with E-state index in [0.29, 0.717) is 0 Å². The van der Waals surface area contributed by atoms with Crippen molar-refractivity contribution in [1.29, 1.82) is 0 Å². The largest absolute Gasteiger partial charge is 0.385 e. The van der Waals surface area contributed by atoms with Crippen LogP contribution in [0.2, 0.25) is 0 Å². The Morgan fingerprint density at radius 3 is 2.00 bits per heavy atom. The summed E-state index contributed by atoms with van der Waals surface area (Å²) in [6.45, 7) is 10.4. The maximum absolute atomic E-state index is 11.1. The quantitative estimate of drug-likeness (QED) is 0.849. The Morgan fingerprint density at radius 2 is 1.55 bits per heavy atom. The second-order valence-corrected chi connectivity index (χ2v) is 8.30. The van der Waals surface area contributed by atoms with Gasteiger partial charge in [-0.2, -0.15) is 0 Å². The van der Waals surface area contributed by atoms with Crippen LogP contribution in [0.3, 0.4) is 0 Å². The van der Waals surface area contributed by atoms with E-state index in [9.17, 15) is 5.11 Å². The normalized spacial score (nSPS) is 25.1. The standard InChI is InChI=1S/C17H25BrO2/c1-15(2)10-13(11-16(3,4)20-15)17(5,19)12-6-8-14(18)9-7-12/h6-9,13,19H,10-11H2,1-5H3. The van der Waals surface area contributed by atoms with Gasteiger partial charge in [0.25, 0.3) is 0 Å². The number of hydrogen-bond acceptors (Lipinski definition) is 2. The van der Waals surface area contributed by atoms with Gasteiger partial charge in [0, 0.05) is 4.47 Å². The molecule has 1 aromatic carbocycles. The molecule has 1 heterocycles. The van der Waals surface area contributed by atoms with Crippen molar-refractivity contribution >= 4 is 15.9 Å². The van der Waals surface area contributed by atoms with Gasteiger partial charge in [-0.1, -0.05) is 28.1 Å². The minimum atomic E-state index is -0.834. The highest BCUT2D eigenvalue weighted by atomic mass is 79.9. The van der Waals surface area contributed by atoms with E-state index in [1.807, 2.05) is 31.2 Å². The molecule has 1 aliphatic heterocycles. The highest BCUT2D eigenvalue weighted by molar-refractivity contribution is 9.10. The van der Waals surface area contributed by atoms with Gasteiger partial charge >= 0.3 is 0 Å². The zero-order valence-electron chi connectivity index (χ0n) is 13.0. The van der Waals surface area contributed by atoms with E-state index in [2.05, 4.69) is 43.6 Å². The highest BCUT2D eigenvalue weighted by Crippen LogP contribution is 2.46. The van der Waals surface area contributed by atoms with E-state index < -0.39 is 5.60 Å². The molecule has 0 bridgehead atoms. The third-order valence-corrected chi connectivity index (χ3v) is 4.78. The SMILES string of the molecule is CC1(C)CC(C(C)(O)c2ccc(Br)cc2)CC(C)(C)O1. The second-order valence-electron chi connectivity index (χ2n) is 7.38. The van der Waals surface area contributed by atoms with E-state index in [1.54, 1.807) is 0 Å². The predicted molar refractivity (Wildman–Crippen MR) is 85.7 cm³/mol. The molecule has 1 aromatic rings. The average Bonchev–Trinajstić information content (AvgIpc) is 2.25. The van der Waals surface area contributed by atoms with Crippen LogP contribution in [-0.2, 0) is 10.3 Å². The van der Waals surface area contributed by atoms with Crippen LogP contribution < -0.4 is 0 Å². The summed E-state index contributed by atoms with van der Waals surface area (Å²) in [4.78, 5) is 0. The van der Waals surface area contributed by atoms with E-state index in [0.717, 1.165) is 22.9 Å². The molecule has 3 heteroatoms. The van der Waals surface area contributed by atoms with Gasteiger partial charge < -0.3 is 9.84 Å². The minimum Gasteiger partial charge on any atom is -0.385 e. The van der Waals surface area contributed by atoms with Crippen molar-refractivity contribution in [2.75, 3.05) is 0 Å². The third-order valence-electron chi connectivity index (χ3n) is 4.25. The summed E-state index contributed by atoms with van der Waals surface area (Å²) in [7, 11) is 0. The molecule has 1 fully saturated rings. The van der Waals surface area contributed by atoms with Gasteiger partial charge in [-0.3, -0.25) is 0 Å². The Labute approximate surface area is 130 Å². The fraction of sp³-hybridized carbons (Fsp3) is 0.647. The van der Waals surface area contributed by atoms with Crippen LogP contribution in [-0.4, -0.2) is 16.3 Å². The van der Waals surface area contributed by atoms with Crippen LogP contribution in [0.25, 0.3) is 0 Å². The predicted octanol–water partition coefficient (Wildman–Crippen LogP) is 4.64. The van der Waals surface area contributed by atoms with Gasteiger partial charge in [0.05, 0.1) is 16.8 Å². The molecule has 0 spiro atoms. The van der Waals surface area contributed by atoms with Crippen molar-refractivity contribution in [2.45, 2.75) is 64.3 Å². The third kappa shape index (κ3) is 3.44. The molecule has 0 amide bonds. The van der Waals surface area contributed by atoms with Crippen molar-refractivity contribution < 1.29 is 9.84 Å². The number of aliphatic hydroxyl groups is 1. The molecule has 1 N–H and O–H groups in total. The fourth-order valence-corrected chi connectivity index (χ4v) is 3.78. The molecule has 2 nitrogen and oxygen atoms in total. The lowest BCUT2D eigenvalue weighted by Gasteiger charge is -2.49. The molecule has 1 aliphatic rings. The first-order valence-corrected chi connectivity index (χ1v) is 8.00. The Balaban J connectivity index is 2.30. The molecule has 0 aromatic heterocycles. The number of rotatable bonds is 2. The van der Waals surface area contributed by atoms with Crippen LogP contribution >= 0.6 is 15.9 Å². The number of ether oxygens (including phenoxy) is 1. The van der Waals surface area contributed by atoms with Crippen molar-refractivity contribution in [3.63, 3.8) is 0 Å². The van der Waals surface area contributed by atoms with Gasteiger partial charge in [-0.25, -0.2) is 0 Å². The van der Waals surface area contributed by atoms with E-state index >= 15 is 0 Å². The molecule has 1 unspecified atom stereocenters. The van der Waals surface area contributed by atoms with Crippen molar-refractivity contribution in [1.82, 2.24) is 0 Å². The van der Waals surface area contributed by atoms with Gasteiger partial charge in [0.2, 0.25) is 0 Å². The number of halogens is 1. The van der Waals surface area contributed by atoms with Crippen LogP contribution in [0.1, 0.15) is 53.0 Å². The fourth-order valence-electron chi connectivity index (χ4n) is 3.51. The average molecular weight is 341 g/mol. The maximum Gasteiger partial charge on any atom is 0.0898 e. The van der Waals surface area contributed by atoms with Crippen LogP contribution in [0.5, 0.6) is 0 Å². The van der Waals surface area contributed by atoms with E-state index in [1.165, 1.54) is 0 Å². The number of hydrogen-bond donors (Lipinski definition) is 1. The molecular formula is C17H25BrO2. The van der Waals surface area contributed by atoms with Crippen LogP contribution in [0.4, 0.5) is 0 Å². The molecule has 0 saturated carbocycles. The Hall–Kier alpha value is -0.380. The Morgan fingerprint density at radius 1 is 1.10 bits per heavy atom. The van der Waals surface area contributed by atoms with E-state index in [4.69, 9.17) is 4.74 Å². The lowest BCUT2D eigenvalue weighted by Crippen LogP contribution is -2.50. The first kappa shape index (κ1) is 16.0. The second kappa shape index (κ2) is 5.11. The summed E-state index contributed by atoms with van der Waals surface area (Å²) in [5, 5.41) is 11.1. The molecule has 1 atom stereocenters. The molecule has 0 radical (unpaired) electrons. The minimum absolute atomic E-state index is 0.183. The maximum atomic E-state index is 11.1. The van der Waals surface area contributed by atoms with Gasteiger partial charge in [-0.05, 0) is 71.1 Å². The summed E-state index contributed by atoms with van der Waals surface area (Å²) in [6.07, 6.45) is 1.72. The van der Waals surface area contributed by atoms with Crippen LogP contribution in [0, 0.1) is 5.92 Å². The molecule has 112 valence electrons. The summed E-state index contributed by atoms with van der Waals surface area (Å²) in [5.41, 5.74) is -0.268. The summed E-state index contributed by atoms with van der Waals surface area (Å²) < 4.78 is 7.16. The number of benzene rings is 1. The molecule has 0 aliphatic carbocycles. The van der Waals surface area contributed by atoms with E-state index in [-0.39, 0.29) is 17.1 Å². The first-order chi connectivity index (χ1) is 9.02. The zero-order chi connectivity index (χ0) is 15.2. The molecule has 2 rings (SSSR count). The lowest BCUT2D eigenvalue weighted by atomic mass is 9.70. The van der Waals surface area contributed by atoms with Gasteiger partial charge in [-0.15, -0.1) is 0 Å². The molecule has 20 heavy (non-hydrogen) atoms. The Bertz CT molecular complexity index is 458. The molecule has 1 saturated heterocycles. The Kier molecular flexibility index (Phi) is 4.09. The van der Waals surface area contributed by atoms with Crippen LogP contribution in [0.15, 0.2) is 28.7 Å². The highest BCUT2D eigenvalue weighted by Gasteiger charge is 2.46. The smallest absolute Gasteiger partial charge is 0.0898 e. The van der Waals surface area contributed by atoms with Gasteiger partial charge in [0.1, 0.15) is 0 Å². The summed E-state index contributed by atoms with van der Waals surface area (Å²) in [5.74, 6) is 0.183. The van der Waals surface area contributed by atoms with Crippen molar-refractivity contribution in [3.05, 3.63) is 34.3 Å². The van der Waals surface area contributed by atoms with Crippen molar-refractivity contribution in [2.24, 2.45) is 5.92 Å². The van der Waals surface area contributed by atoms with Gasteiger partial charge in [0.15, 0.2) is 0 Å². The monoisotopic (exact) mass is 340 g/mol. The zero-order valence-corrected chi connectivity index (χ0v) is 14.6. The summed E-state index contributed by atoms with van der Waals surface area (Å²) >= 11 is 3.44. The molecular weight excluding hydrogens is 316 g/mol. The first-order valence-electron chi connectivity index (χ1n) is 7.20. The van der Waals surface area contributed by atoms with Crippen molar-refractivity contribution in [3.8, 4) is 0 Å². The summed E-state index contributed by atoms with van der Waals surface area (Å²) in [6, 6.07) is 7.97. The lowest BCUT2D eigenvalue weighted by molar-refractivity contribution is -0.201.